The van der Waals surface area contributed by atoms with Crippen LogP contribution in [0, 0.1) is 6.92 Å². The lowest BCUT2D eigenvalue weighted by molar-refractivity contribution is 0.346. The number of benzene rings is 1. The maximum absolute atomic E-state index is 9.39. The molecule has 1 aromatic heterocycles. The number of aromatic hydroxyl groups is 1. The molecular weight excluding hydrogens is 190 g/mol. The summed E-state index contributed by atoms with van der Waals surface area (Å²) < 4.78 is 5.43. The zero-order chi connectivity index (χ0) is 10.4. The van der Waals surface area contributed by atoms with Gasteiger partial charge in [-0.05, 0) is 24.6 Å². The molecule has 3 rings (SSSR count). The first-order valence-electron chi connectivity index (χ1n) is 5.01. The van der Waals surface area contributed by atoms with E-state index in [1.54, 1.807) is 12.1 Å². The minimum atomic E-state index is 0.243. The van der Waals surface area contributed by atoms with Crippen molar-refractivity contribution in [2.24, 2.45) is 0 Å². The summed E-state index contributed by atoms with van der Waals surface area (Å²) in [5.41, 5.74) is 3.22. The fourth-order valence-corrected chi connectivity index (χ4v) is 2.09. The van der Waals surface area contributed by atoms with Gasteiger partial charge >= 0.3 is 0 Å². The van der Waals surface area contributed by atoms with Crippen LogP contribution in [0.3, 0.4) is 0 Å². The number of pyridine rings is 1. The average molecular weight is 201 g/mol. The molecule has 2 heterocycles. The lowest BCUT2D eigenvalue weighted by atomic mass is 10.0. The van der Waals surface area contributed by atoms with Crippen LogP contribution in [0.1, 0.15) is 11.1 Å². The summed E-state index contributed by atoms with van der Waals surface area (Å²) in [6.07, 6.45) is 0.935. The van der Waals surface area contributed by atoms with E-state index < -0.39 is 0 Å². The minimum Gasteiger partial charge on any atom is -0.508 e. The average Bonchev–Trinajstić information content (AvgIpc) is 2.65. The van der Waals surface area contributed by atoms with Gasteiger partial charge in [-0.3, -0.25) is 0 Å². The molecule has 0 saturated carbocycles. The third-order valence-electron chi connectivity index (χ3n) is 2.91. The van der Waals surface area contributed by atoms with Crippen LogP contribution in [-0.2, 0) is 6.42 Å². The molecule has 1 aromatic carbocycles. The summed E-state index contributed by atoms with van der Waals surface area (Å²) >= 11 is 0. The van der Waals surface area contributed by atoms with Gasteiger partial charge in [0.25, 0.3) is 0 Å². The Balaban J connectivity index is 2.41. The number of hydrogen-bond acceptors (Lipinski definition) is 3. The van der Waals surface area contributed by atoms with Crippen LogP contribution in [0.4, 0.5) is 0 Å². The zero-order valence-electron chi connectivity index (χ0n) is 8.45. The van der Waals surface area contributed by atoms with Gasteiger partial charge in [-0.2, -0.15) is 0 Å². The Morgan fingerprint density at radius 3 is 3.13 bits per heavy atom. The van der Waals surface area contributed by atoms with Crippen LogP contribution in [0.15, 0.2) is 18.2 Å². The number of phenols is 1. The minimum absolute atomic E-state index is 0.243. The highest BCUT2D eigenvalue weighted by atomic mass is 16.5. The van der Waals surface area contributed by atoms with Crippen LogP contribution in [0.5, 0.6) is 11.6 Å². The number of nitrogens with zero attached hydrogens (tertiary/aromatic N) is 1. The molecule has 0 amide bonds. The van der Waals surface area contributed by atoms with Gasteiger partial charge in [-0.25, -0.2) is 4.98 Å². The first kappa shape index (κ1) is 8.53. The van der Waals surface area contributed by atoms with E-state index in [1.165, 1.54) is 11.1 Å². The van der Waals surface area contributed by atoms with Gasteiger partial charge in [-0.15, -0.1) is 0 Å². The molecule has 0 spiro atoms. The van der Waals surface area contributed by atoms with Crippen LogP contribution in [0.2, 0.25) is 0 Å². The monoisotopic (exact) mass is 201 g/mol. The van der Waals surface area contributed by atoms with Gasteiger partial charge < -0.3 is 9.84 Å². The lowest BCUT2D eigenvalue weighted by Crippen LogP contribution is -1.90. The molecule has 3 heteroatoms. The van der Waals surface area contributed by atoms with Crippen molar-refractivity contribution in [3.8, 4) is 11.6 Å². The van der Waals surface area contributed by atoms with Crippen molar-refractivity contribution in [3.05, 3.63) is 29.3 Å². The topological polar surface area (TPSA) is 42.4 Å². The third kappa shape index (κ3) is 1.16. The quantitative estimate of drug-likeness (QED) is 0.710. The smallest absolute Gasteiger partial charge is 0.217 e. The first-order chi connectivity index (χ1) is 7.25. The van der Waals surface area contributed by atoms with Gasteiger partial charge in [0.15, 0.2) is 0 Å². The fourth-order valence-electron chi connectivity index (χ4n) is 2.09. The second kappa shape index (κ2) is 2.86. The maximum atomic E-state index is 9.39. The molecule has 0 bridgehead atoms. The SMILES string of the molecule is Cc1c2c(nc3cc(O)ccc13)OCC2. The second-order valence-electron chi connectivity index (χ2n) is 3.82. The van der Waals surface area contributed by atoms with E-state index in [9.17, 15) is 5.11 Å². The van der Waals surface area contributed by atoms with Crippen LogP contribution in [0.25, 0.3) is 10.9 Å². The molecular formula is C12H11NO2. The van der Waals surface area contributed by atoms with Crippen molar-refractivity contribution < 1.29 is 9.84 Å². The molecule has 1 aliphatic heterocycles. The highest BCUT2D eigenvalue weighted by Crippen LogP contribution is 2.32. The molecule has 76 valence electrons. The molecule has 0 fully saturated rings. The van der Waals surface area contributed by atoms with Gasteiger partial charge in [-0.1, -0.05) is 0 Å². The molecule has 0 atom stereocenters. The Kier molecular flexibility index (Phi) is 1.63. The normalized spacial score (nSPS) is 13.9. The Labute approximate surface area is 87.3 Å². The first-order valence-corrected chi connectivity index (χ1v) is 5.01. The molecule has 3 nitrogen and oxygen atoms in total. The molecule has 1 N–H and O–H groups in total. The van der Waals surface area contributed by atoms with Crippen molar-refractivity contribution in [1.82, 2.24) is 4.98 Å². The van der Waals surface area contributed by atoms with Crippen molar-refractivity contribution in [2.75, 3.05) is 6.61 Å². The molecule has 0 aliphatic carbocycles. The summed E-state index contributed by atoms with van der Waals surface area (Å²) in [6, 6.07) is 5.27. The standard InChI is InChI=1S/C12H11NO2/c1-7-9-3-2-8(14)6-11(9)13-12-10(7)4-5-15-12/h2-3,6,14H,4-5H2,1H3. The highest BCUT2D eigenvalue weighted by Gasteiger charge is 2.18. The Morgan fingerprint density at radius 2 is 2.27 bits per heavy atom. The largest absolute Gasteiger partial charge is 0.508 e. The molecule has 0 saturated heterocycles. The van der Waals surface area contributed by atoms with E-state index in [0.717, 1.165) is 23.2 Å². The fraction of sp³-hybridized carbons (Fsp3) is 0.250. The Hall–Kier alpha value is -1.77. The Bertz CT molecular complexity index is 549. The van der Waals surface area contributed by atoms with Gasteiger partial charge in [0.1, 0.15) is 5.75 Å². The zero-order valence-corrected chi connectivity index (χ0v) is 8.45. The number of aryl methyl sites for hydroxylation is 1. The molecule has 0 radical (unpaired) electrons. The number of fused-ring (bicyclic) bond motifs is 2. The van der Waals surface area contributed by atoms with Gasteiger partial charge in [0, 0.05) is 23.4 Å². The predicted octanol–water partition coefficient (Wildman–Crippen LogP) is 2.18. The van der Waals surface area contributed by atoms with Crippen LogP contribution < -0.4 is 4.74 Å². The summed E-state index contributed by atoms with van der Waals surface area (Å²) in [5.74, 6) is 0.970. The second-order valence-corrected chi connectivity index (χ2v) is 3.82. The van der Waals surface area contributed by atoms with Crippen molar-refractivity contribution in [3.63, 3.8) is 0 Å². The van der Waals surface area contributed by atoms with Crippen LogP contribution in [-0.4, -0.2) is 16.7 Å². The van der Waals surface area contributed by atoms with E-state index in [4.69, 9.17) is 4.74 Å². The number of aromatic nitrogens is 1. The van der Waals surface area contributed by atoms with E-state index in [1.807, 2.05) is 6.07 Å². The van der Waals surface area contributed by atoms with Gasteiger partial charge in [0.2, 0.25) is 5.88 Å². The van der Waals surface area contributed by atoms with E-state index >= 15 is 0 Å². The summed E-state index contributed by atoms with van der Waals surface area (Å²) in [7, 11) is 0. The lowest BCUT2D eigenvalue weighted by Gasteiger charge is -2.06. The molecule has 1 aliphatic rings. The Morgan fingerprint density at radius 1 is 1.40 bits per heavy atom. The van der Waals surface area contributed by atoms with Crippen molar-refractivity contribution in [2.45, 2.75) is 13.3 Å². The predicted molar refractivity (Wildman–Crippen MR) is 57.3 cm³/mol. The highest BCUT2D eigenvalue weighted by molar-refractivity contribution is 5.85. The third-order valence-corrected chi connectivity index (χ3v) is 2.91. The number of hydrogen-bond donors (Lipinski definition) is 1. The summed E-state index contributed by atoms with van der Waals surface area (Å²) in [5, 5.41) is 10.5. The summed E-state index contributed by atoms with van der Waals surface area (Å²) in [4.78, 5) is 4.40. The van der Waals surface area contributed by atoms with Crippen molar-refractivity contribution >= 4 is 10.9 Å². The van der Waals surface area contributed by atoms with E-state index in [0.29, 0.717) is 6.61 Å². The van der Waals surface area contributed by atoms with Crippen molar-refractivity contribution in [1.29, 1.82) is 0 Å². The maximum Gasteiger partial charge on any atom is 0.217 e. The molecule has 15 heavy (non-hydrogen) atoms. The summed E-state index contributed by atoms with van der Waals surface area (Å²) in [6.45, 7) is 2.79. The molecule has 2 aromatic rings. The van der Waals surface area contributed by atoms with Crippen LogP contribution >= 0.6 is 0 Å². The van der Waals surface area contributed by atoms with Gasteiger partial charge in [0.05, 0.1) is 12.1 Å². The van der Waals surface area contributed by atoms with E-state index in [2.05, 4.69) is 11.9 Å². The number of rotatable bonds is 0. The molecule has 0 unspecified atom stereocenters. The number of ether oxygens (including phenoxy) is 1. The number of phenolic OH excluding ortho intramolecular Hbond substituents is 1. The van der Waals surface area contributed by atoms with E-state index in [-0.39, 0.29) is 5.75 Å².